The summed E-state index contributed by atoms with van der Waals surface area (Å²) in [5, 5.41) is 0. The summed E-state index contributed by atoms with van der Waals surface area (Å²) in [6.07, 6.45) is 2.60. The molecular formula is C15H22N2O2. The van der Waals surface area contributed by atoms with Crippen molar-refractivity contribution in [2.75, 3.05) is 27.8 Å². The van der Waals surface area contributed by atoms with Crippen LogP contribution in [0.1, 0.15) is 25.3 Å². The van der Waals surface area contributed by atoms with E-state index in [-0.39, 0.29) is 6.17 Å². The Balaban J connectivity index is 2.36. The van der Waals surface area contributed by atoms with Crippen molar-refractivity contribution in [3.05, 3.63) is 23.8 Å². The van der Waals surface area contributed by atoms with Gasteiger partial charge in [0.15, 0.2) is 0 Å². The van der Waals surface area contributed by atoms with Crippen LogP contribution in [0.5, 0.6) is 11.5 Å². The maximum Gasteiger partial charge on any atom is 0.131 e. The molecule has 1 aromatic rings. The molecule has 0 radical (unpaired) electrons. The minimum Gasteiger partial charge on any atom is -0.496 e. The number of methoxy groups -OCH3 is 2. The average molecular weight is 262 g/mol. The molecule has 1 aliphatic rings. The fourth-order valence-corrected chi connectivity index (χ4v) is 2.55. The Morgan fingerprint density at radius 3 is 2.37 bits per heavy atom. The lowest BCUT2D eigenvalue weighted by atomic mass is 10.1. The van der Waals surface area contributed by atoms with Crippen LogP contribution in [-0.4, -0.2) is 44.6 Å². The monoisotopic (exact) mass is 262 g/mol. The summed E-state index contributed by atoms with van der Waals surface area (Å²) in [6, 6.07) is 5.81. The van der Waals surface area contributed by atoms with E-state index in [4.69, 9.17) is 14.5 Å². The fraction of sp³-hybridized carbons (Fsp3) is 0.533. The van der Waals surface area contributed by atoms with Gasteiger partial charge in [0.1, 0.15) is 17.7 Å². The quantitative estimate of drug-likeness (QED) is 0.782. The maximum absolute atomic E-state index is 5.43. The topological polar surface area (TPSA) is 34.1 Å². The molecule has 4 nitrogen and oxygen atoms in total. The van der Waals surface area contributed by atoms with Crippen LogP contribution >= 0.6 is 0 Å². The van der Waals surface area contributed by atoms with Gasteiger partial charge in [-0.1, -0.05) is 6.07 Å². The zero-order valence-electron chi connectivity index (χ0n) is 12.1. The summed E-state index contributed by atoms with van der Waals surface area (Å²) in [7, 11) is 5.47. The van der Waals surface area contributed by atoms with Crippen molar-refractivity contribution in [3.63, 3.8) is 0 Å². The predicted molar refractivity (Wildman–Crippen MR) is 77.4 cm³/mol. The molecule has 1 aliphatic heterocycles. The largest absolute Gasteiger partial charge is 0.496 e. The van der Waals surface area contributed by atoms with Gasteiger partial charge in [0.2, 0.25) is 0 Å². The van der Waals surface area contributed by atoms with E-state index in [0.717, 1.165) is 35.7 Å². The number of hydrogen-bond acceptors (Lipinski definition) is 4. The van der Waals surface area contributed by atoms with Gasteiger partial charge in [-0.15, -0.1) is 0 Å². The molecule has 4 heteroatoms. The Hall–Kier alpha value is -1.55. The van der Waals surface area contributed by atoms with Crippen LogP contribution in [0, 0.1) is 0 Å². The van der Waals surface area contributed by atoms with Gasteiger partial charge in [0.05, 0.1) is 19.8 Å². The minimum absolute atomic E-state index is 0.273. The van der Waals surface area contributed by atoms with Crippen molar-refractivity contribution in [2.45, 2.75) is 25.9 Å². The summed E-state index contributed by atoms with van der Waals surface area (Å²) < 4.78 is 10.9. The van der Waals surface area contributed by atoms with E-state index in [1.54, 1.807) is 14.2 Å². The molecule has 104 valence electrons. The van der Waals surface area contributed by atoms with E-state index in [2.05, 4.69) is 11.9 Å². The van der Waals surface area contributed by atoms with Crippen molar-refractivity contribution < 1.29 is 9.47 Å². The van der Waals surface area contributed by atoms with Gasteiger partial charge < -0.3 is 9.47 Å². The van der Waals surface area contributed by atoms with Crippen molar-refractivity contribution in [1.29, 1.82) is 0 Å². The highest BCUT2D eigenvalue weighted by molar-refractivity contribution is 6.03. The summed E-state index contributed by atoms with van der Waals surface area (Å²) in [5.41, 5.74) is 1.92. The molecule has 0 N–H and O–H groups in total. The van der Waals surface area contributed by atoms with E-state index in [1.807, 2.05) is 25.1 Å². The van der Waals surface area contributed by atoms with E-state index < -0.39 is 0 Å². The van der Waals surface area contributed by atoms with Gasteiger partial charge in [-0.25, -0.2) is 0 Å². The van der Waals surface area contributed by atoms with E-state index in [9.17, 15) is 0 Å². The van der Waals surface area contributed by atoms with Crippen LogP contribution in [-0.2, 0) is 0 Å². The third-order valence-electron chi connectivity index (χ3n) is 3.61. The maximum atomic E-state index is 5.43. The zero-order chi connectivity index (χ0) is 13.8. The van der Waals surface area contributed by atoms with Crippen LogP contribution < -0.4 is 9.47 Å². The highest BCUT2D eigenvalue weighted by Crippen LogP contribution is 2.29. The highest BCUT2D eigenvalue weighted by Gasteiger charge is 2.21. The molecule has 1 unspecified atom stereocenters. The SMILES string of the molecule is COc1cccc(OC)c1C(C)=NC1CCCN1C. The first kappa shape index (κ1) is 13.9. The van der Waals surface area contributed by atoms with Crippen LogP contribution in [0.4, 0.5) is 0 Å². The summed E-state index contributed by atoms with van der Waals surface area (Å²) >= 11 is 0. The normalized spacial score (nSPS) is 20.6. The van der Waals surface area contributed by atoms with Crippen molar-refractivity contribution >= 4 is 5.71 Å². The van der Waals surface area contributed by atoms with Gasteiger partial charge in [-0.3, -0.25) is 9.89 Å². The number of hydrogen-bond donors (Lipinski definition) is 0. The van der Waals surface area contributed by atoms with Crippen molar-refractivity contribution in [2.24, 2.45) is 4.99 Å². The molecule has 0 saturated carbocycles. The standard InChI is InChI=1S/C15H22N2O2/c1-11(16-14-9-6-10-17(14)2)15-12(18-3)7-5-8-13(15)19-4/h5,7-8,14H,6,9-10H2,1-4H3. The van der Waals surface area contributed by atoms with Crippen molar-refractivity contribution in [1.82, 2.24) is 4.90 Å². The molecule has 1 fully saturated rings. The van der Waals surface area contributed by atoms with Crippen LogP contribution in [0.3, 0.4) is 0 Å². The van der Waals surface area contributed by atoms with Gasteiger partial charge >= 0.3 is 0 Å². The van der Waals surface area contributed by atoms with E-state index in [0.29, 0.717) is 0 Å². The molecule has 0 aliphatic carbocycles. The molecule has 1 aromatic carbocycles. The molecule has 1 heterocycles. The molecule has 0 aromatic heterocycles. The molecule has 2 rings (SSSR count). The number of aliphatic imine (C=N–C) groups is 1. The van der Waals surface area contributed by atoms with Gasteiger partial charge in [-0.2, -0.15) is 0 Å². The van der Waals surface area contributed by atoms with Crippen LogP contribution in [0.15, 0.2) is 23.2 Å². The molecule has 1 atom stereocenters. The predicted octanol–water partition coefficient (Wildman–Crippen LogP) is 2.56. The first-order chi connectivity index (χ1) is 9.17. The molecule has 0 bridgehead atoms. The molecule has 19 heavy (non-hydrogen) atoms. The second-order valence-electron chi connectivity index (χ2n) is 4.86. The first-order valence-corrected chi connectivity index (χ1v) is 6.63. The third kappa shape index (κ3) is 2.89. The molecular weight excluding hydrogens is 240 g/mol. The Morgan fingerprint density at radius 1 is 1.26 bits per heavy atom. The Morgan fingerprint density at radius 2 is 1.89 bits per heavy atom. The summed E-state index contributed by atoms with van der Waals surface area (Å²) in [4.78, 5) is 7.11. The van der Waals surface area contributed by atoms with Crippen LogP contribution in [0.2, 0.25) is 0 Å². The Bertz CT molecular complexity index is 449. The number of likely N-dealkylation sites (tertiary alicyclic amines) is 1. The lowest BCUT2D eigenvalue weighted by Gasteiger charge is -2.18. The zero-order valence-corrected chi connectivity index (χ0v) is 12.1. The molecule has 0 spiro atoms. The molecule has 1 saturated heterocycles. The Kier molecular flexibility index (Phi) is 4.43. The number of nitrogens with zero attached hydrogens (tertiary/aromatic N) is 2. The second-order valence-corrected chi connectivity index (χ2v) is 4.86. The highest BCUT2D eigenvalue weighted by atomic mass is 16.5. The minimum atomic E-state index is 0.273. The summed E-state index contributed by atoms with van der Waals surface area (Å²) in [5.74, 6) is 1.61. The average Bonchev–Trinajstić information content (AvgIpc) is 2.83. The van der Waals surface area contributed by atoms with Crippen LogP contribution in [0.25, 0.3) is 0 Å². The van der Waals surface area contributed by atoms with Gasteiger partial charge in [0, 0.05) is 5.71 Å². The summed E-state index contributed by atoms with van der Waals surface area (Å²) in [6.45, 7) is 3.14. The lowest BCUT2D eigenvalue weighted by molar-refractivity contribution is 0.320. The smallest absolute Gasteiger partial charge is 0.131 e. The Labute approximate surface area is 115 Å². The lowest BCUT2D eigenvalue weighted by Crippen LogP contribution is -2.24. The van der Waals surface area contributed by atoms with Gasteiger partial charge in [0.25, 0.3) is 0 Å². The number of rotatable bonds is 4. The number of ether oxygens (including phenoxy) is 2. The number of benzene rings is 1. The molecule has 0 amide bonds. The second kappa shape index (κ2) is 6.06. The fourth-order valence-electron chi connectivity index (χ4n) is 2.55. The van der Waals surface area contributed by atoms with E-state index in [1.165, 1.54) is 6.42 Å². The third-order valence-corrected chi connectivity index (χ3v) is 3.61. The van der Waals surface area contributed by atoms with E-state index >= 15 is 0 Å². The van der Waals surface area contributed by atoms with Gasteiger partial charge in [-0.05, 0) is 45.5 Å². The first-order valence-electron chi connectivity index (χ1n) is 6.63. The van der Waals surface area contributed by atoms with Crippen molar-refractivity contribution in [3.8, 4) is 11.5 Å².